The van der Waals surface area contributed by atoms with Crippen LogP contribution in [0.5, 0.6) is 0 Å². The molecule has 0 aromatic carbocycles. The summed E-state index contributed by atoms with van der Waals surface area (Å²) >= 11 is 0. The molecule has 0 aromatic heterocycles. The highest BCUT2D eigenvalue weighted by molar-refractivity contribution is 5.73. The maximum atomic E-state index is 11.2. The molecule has 1 atom stereocenters. The molecule has 0 spiro atoms. The Kier molecular flexibility index (Phi) is 6.65. The minimum Gasteiger partial charge on any atom is -0.480 e. The fourth-order valence-corrected chi connectivity index (χ4v) is 2.67. The second-order valence-corrected chi connectivity index (χ2v) is 5.70. The zero-order valence-corrected chi connectivity index (χ0v) is 12.0. The first-order valence-corrected chi connectivity index (χ1v) is 7.21. The fourth-order valence-electron chi connectivity index (χ4n) is 2.67. The van der Waals surface area contributed by atoms with Crippen molar-refractivity contribution >= 4 is 5.97 Å². The molecular weight excluding hydrogens is 228 g/mol. The number of aliphatic carboxylic acids is 1. The summed E-state index contributed by atoms with van der Waals surface area (Å²) in [5, 5.41) is 12.3. The number of nitrogens with zero attached hydrogens (tertiary/aromatic N) is 1. The third-order valence-electron chi connectivity index (χ3n) is 4.02. The molecule has 2 N–H and O–H groups in total. The second kappa shape index (κ2) is 7.74. The Morgan fingerprint density at radius 1 is 1.39 bits per heavy atom. The van der Waals surface area contributed by atoms with Crippen LogP contribution in [-0.2, 0) is 4.79 Å². The molecule has 1 unspecified atom stereocenters. The van der Waals surface area contributed by atoms with Gasteiger partial charge in [0.15, 0.2) is 0 Å². The smallest absolute Gasteiger partial charge is 0.322 e. The van der Waals surface area contributed by atoms with Gasteiger partial charge in [-0.2, -0.15) is 0 Å². The molecule has 1 aliphatic carbocycles. The maximum Gasteiger partial charge on any atom is 0.322 e. The highest BCUT2D eigenvalue weighted by atomic mass is 16.4. The molecule has 0 saturated heterocycles. The minimum atomic E-state index is -0.737. The van der Waals surface area contributed by atoms with Crippen molar-refractivity contribution in [2.24, 2.45) is 5.92 Å². The lowest BCUT2D eigenvalue weighted by molar-refractivity contribution is -0.140. The lowest BCUT2D eigenvalue weighted by Gasteiger charge is -2.35. The van der Waals surface area contributed by atoms with Crippen molar-refractivity contribution in [1.29, 1.82) is 0 Å². The normalized spacial score (nSPS) is 26.2. The minimum absolute atomic E-state index is 0.436. The standard InChI is InChI=1S/C14H28N2O2/c1-4-9-15-13(14(17)18)10-16(3)12-7-5-11(2)6-8-12/h11-13,15H,4-10H2,1-3H3,(H,17,18). The van der Waals surface area contributed by atoms with Gasteiger partial charge in [0.2, 0.25) is 0 Å². The summed E-state index contributed by atoms with van der Waals surface area (Å²) < 4.78 is 0. The number of rotatable bonds is 7. The van der Waals surface area contributed by atoms with Crippen LogP contribution >= 0.6 is 0 Å². The highest BCUT2D eigenvalue weighted by Crippen LogP contribution is 2.26. The van der Waals surface area contributed by atoms with Gasteiger partial charge in [0.1, 0.15) is 6.04 Å². The first-order valence-electron chi connectivity index (χ1n) is 7.21. The van der Waals surface area contributed by atoms with Gasteiger partial charge in [-0.05, 0) is 51.6 Å². The van der Waals surface area contributed by atoms with E-state index in [0.717, 1.165) is 18.9 Å². The van der Waals surface area contributed by atoms with Gasteiger partial charge < -0.3 is 15.3 Å². The van der Waals surface area contributed by atoms with E-state index in [-0.39, 0.29) is 0 Å². The van der Waals surface area contributed by atoms with Gasteiger partial charge in [-0.1, -0.05) is 13.8 Å². The zero-order valence-electron chi connectivity index (χ0n) is 12.0. The van der Waals surface area contributed by atoms with Gasteiger partial charge in [0, 0.05) is 12.6 Å². The predicted octanol–water partition coefficient (Wildman–Crippen LogP) is 1.95. The highest BCUT2D eigenvalue weighted by Gasteiger charge is 2.25. The quantitative estimate of drug-likeness (QED) is 0.731. The molecule has 0 aliphatic heterocycles. The predicted molar refractivity (Wildman–Crippen MR) is 73.8 cm³/mol. The summed E-state index contributed by atoms with van der Waals surface area (Å²) in [6.07, 6.45) is 5.92. The number of likely N-dealkylation sites (N-methyl/N-ethyl adjacent to an activating group) is 1. The van der Waals surface area contributed by atoms with Crippen LogP contribution in [0.4, 0.5) is 0 Å². The van der Waals surface area contributed by atoms with Crippen LogP contribution in [0.3, 0.4) is 0 Å². The van der Waals surface area contributed by atoms with Crippen molar-refractivity contribution in [3.8, 4) is 0 Å². The summed E-state index contributed by atoms with van der Waals surface area (Å²) in [7, 11) is 2.06. The fraction of sp³-hybridized carbons (Fsp3) is 0.929. The summed E-state index contributed by atoms with van der Waals surface area (Å²) in [6.45, 7) is 5.73. The van der Waals surface area contributed by atoms with Gasteiger partial charge >= 0.3 is 5.97 Å². The molecule has 0 aromatic rings. The lowest BCUT2D eigenvalue weighted by Crippen LogP contribution is -2.48. The molecular formula is C14H28N2O2. The van der Waals surface area contributed by atoms with Gasteiger partial charge in [0.05, 0.1) is 0 Å². The number of hydrogen-bond donors (Lipinski definition) is 2. The van der Waals surface area contributed by atoms with E-state index >= 15 is 0 Å². The molecule has 106 valence electrons. The first kappa shape index (κ1) is 15.4. The van der Waals surface area contributed by atoms with Crippen molar-refractivity contribution < 1.29 is 9.90 Å². The Balaban J connectivity index is 2.40. The van der Waals surface area contributed by atoms with E-state index in [1.807, 2.05) is 0 Å². The summed E-state index contributed by atoms with van der Waals surface area (Å²) in [5.74, 6) is 0.0996. The van der Waals surface area contributed by atoms with Gasteiger partial charge in [-0.25, -0.2) is 0 Å². The Morgan fingerprint density at radius 3 is 2.50 bits per heavy atom. The van der Waals surface area contributed by atoms with E-state index in [9.17, 15) is 9.90 Å². The summed E-state index contributed by atoms with van der Waals surface area (Å²) in [4.78, 5) is 13.4. The van der Waals surface area contributed by atoms with Crippen LogP contribution < -0.4 is 5.32 Å². The van der Waals surface area contributed by atoms with Crippen molar-refractivity contribution in [2.75, 3.05) is 20.1 Å². The third-order valence-corrected chi connectivity index (χ3v) is 4.02. The maximum absolute atomic E-state index is 11.2. The van der Waals surface area contributed by atoms with Gasteiger partial charge in [-0.15, -0.1) is 0 Å². The van der Waals surface area contributed by atoms with E-state index in [1.165, 1.54) is 25.7 Å². The van der Waals surface area contributed by atoms with E-state index in [0.29, 0.717) is 12.6 Å². The van der Waals surface area contributed by atoms with E-state index in [2.05, 4.69) is 31.1 Å². The average molecular weight is 256 g/mol. The number of hydrogen-bond acceptors (Lipinski definition) is 3. The molecule has 18 heavy (non-hydrogen) atoms. The number of carboxylic acids is 1. The molecule has 4 heteroatoms. The molecule has 1 fully saturated rings. The van der Waals surface area contributed by atoms with Gasteiger partial charge in [-0.3, -0.25) is 4.79 Å². The monoisotopic (exact) mass is 256 g/mol. The summed E-state index contributed by atoms with van der Waals surface area (Å²) in [5.41, 5.74) is 0. The topological polar surface area (TPSA) is 52.6 Å². The number of nitrogens with one attached hydrogen (secondary N) is 1. The van der Waals surface area contributed by atoms with Crippen molar-refractivity contribution in [3.05, 3.63) is 0 Å². The largest absolute Gasteiger partial charge is 0.480 e. The first-order chi connectivity index (χ1) is 8.54. The Bertz CT molecular complexity index is 250. The molecule has 1 aliphatic rings. The number of carbonyl (C=O) groups is 1. The number of carboxylic acid groups (broad SMARTS) is 1. The molecule has 0 radical (unpaired) electrons. The molecule has 0 heterocycles. The molecule has 4 nitrogen and oxygen atoms in total. The third kappa shape index (κ3) is 4.94. The molecule has 0 bridgehead atoms. The molecule has 1 rings (SSSR count). The SMILES string of the molecule is CCCNC(CN(C)C1CCC(C)CC1)C(=O)O. The lowest BCUT2D eigenvalue weighted by atomic mass is 9.86. The Hall–Kier alpha value is -0.610. The van der Waals surface area contributed by atoms with Crippen LogP contribution in [0.1, 0.15) is 46.0 Å². The van der Waals surface area contributed by atoms with E-state index < -0.39 is 12.0 Å². The zero-order chi connectivity index (χ0) is 13.5. The van der Waals surface area contributed by atoms with Crippen LogP contribution in [0.15, 0.2) is 0 Å². The van der Waals surface area contributed by atoms with E-state index in [4.69, 9.17) is 0 Å². The van der Waals surface area contributed by atoms with Crippen LogP contribution in [0.2, 0.25) is 0 Å². The average Bonchev–Trinajstić information content (AvgIpc) is 2.34. The van der Waals surface area contributed by atoms with Crippen LogP contribution in [0.25, 0.3) is 0 Å². The Labute approximate surface area is 111 Å². The molecule has 1 saturated carbocycles. The second-order valence-electron chi connectivity index (χ2n) is 5.70. The van der Waals surface area contributed by atoms with Gasteiger partial charge in [0.25, 0.3) is 0 Å². The van der Waals surface area contributed by atoms with Crippen molar-refractivity contribution in [3.63, 3.8) is 0 Å². The van der Waals surface area contributed by atoms with Crippen molar-refractivity contribution in [1.82, 2.24) is 10.2 Å². The summed E-state index contributed by atoms with van der Waals surface area (Å²) in [6, 6.07) is 0.126. The van der Waals surface area contributed by atoms with Crippen LogP contribution in [-0.4, -0.2) is 48.2 Å². The van der Waals surface area contributed by atoms with Crippen molar-refractivity contribution in [2.45, 2.75) is 58.0 Å². The molecule has 0 amide bonds. The Morgan fingerprint density at radius 2 is 2.00 bits per heavy atom. The van der Waals surface area contributed by atoms with E-state index in [1.54, 1.807) is 0 Å². The van der Waals surface area contributed by atoms with Crippen LogP contribution in [0, 0.1) is 5.92 Å².